The van der Waals surface area contributed by atoms with Crippen molar-refractivity contribution in [1.29, 1.82) is 0 Å². The highest BCUT2D eigenvalue weighted by atomic mass is 16.5. The minimum atomic E-state index is 0.116. The molecule has 0 radical (unpaired) electrons. The molecule has 1 saturated heterocycles. The summed E-state index contributed by atoms with van der Waals surface area (Å²) in [5.74, 6) is 1.06. The Morgan fingerprint density at radius 2 is 1.67 bits per heavy atom. The van der Waals surface area contributed by atoms with Crippen LogP contribution in [0.25, 0.3) is 0 Å². The summed E-state index contributed by atoms with van der Waals surface area (Å²) in [7, 11) is 3.48. The molecular formula is C20H30N4O3. The van der Waals surface area contributed by atoms with Crippen LogP contribution >= 0.6 is 0 Å². The average Bonchev–Trinajstić information content (AvgIpc) is 3.47. The van der Waals surface area contributed by atoms with Crippen LogP contribution in [0.15, 0.2) is 24.3 Å². The minimum absolute atomic E-state index is 0.116. The molecule has 7 nitrogen and oxygen atoms in total. The molecule has 3 rings (SSSR count). The highest BCUT2D eigenvalue weighted by Gasteiger charge is 2.26. The molecule has 2 fully saturated rings. The second-order valence-corrected chi connectivity index (χ2v) is 7.49. The molecule has 1 aromatic rings. The van der Waals surface area contributed by atoms with Gasteiger partial charge in [-0.2, -0.15) is 0 Å². The van der Waals surface area contributed by atoms with E-state index in [1.54, 1.807) is 12.0 Å². The van der Waals surface area contributed by atoms with E-state index in [0.717, 1.165) is 50.3 Å². The maximum absolute atomic E-state index is 12.5. The number of likely N-dealkylation sites (N-methyl/N-ethyl adjacent to an activating group) is 1. The number of nitrogens with zero attached hydrogens (tertiary/aromatic N) is 3. The van der Waals surface area contributed by atoms with Gasteiger partial charge in [0, 0.05) is 45.8 Å². The molecule has 1 aromatic carbocycles. The van der Waals surface area contributed by atoms with Gasteiger partial charge in [-0.05, 0) is 30.5 Å². The number of hydrogen-bond donors (Lipinski definition) is 1. The Kier molecular flexibility index (Phi) is 6.68. The molecule has 2 amide bonds. The van der Waals surface area contributed by atoms with E-state index >= 15 is 0 Å². The zero-order chi connectivity index (χ0) is 19.2. The Labute approximate surface area is 161 Å². The molecule has 2 aliphatic rings. The van der Waals surface area contributed by atoms with Crippen molar-refractivity contribution in [2.24, 2.45) is 0 Å². The van der Waals surface area contributed by atoms with Crippen LogP contribution in [-0.2, 0) is 16.1 Å². The number of nitrogens with one attached hydrogen (secondary N) is 1. The molecule has 148 valence electrons. The fraction of sp³-hybridized carbons (Fsp3) is 0.600. The van der Waals surface area contributed by atoms with E-state index < -0.39 is 0 Å². The Bertz CT molecular complexity index is 637. The van der Waals surface area contributed by atoms with Crippen molar-refractivity contribution in [3.8, 4) is 5.75 Å². The van der Waals surface area contributed by atoms with Crippen molar-refractivity contribution >= 4 is 11.8 Å². The minimum Gasteiger partial charge on any atom is -0.497 e. The van der Waals surface area contributed by atoms with Crippen LogP contribution in [0.3, 0.4) is 0 Å². The van der Waals surface area contributed by atoms with E-state index in [1.165, 1.54) is 0 Å². The van der Waals surface area contributed by atoms with Crippen molar-refractivity contribution in [2.75, 3.05) is 53.4 Å². The lowest BCUT2D eigenvalue weighted by Gasteiger charge is -2.34. The van der Waals surface area contributed by atoms with Crippen LogP contribution in [0, 0.1) is 0 Å². The Morgan fingerprint density at radius 3 is 2.22 bits per heavy atom. The number of methoxy groups -OCH3 is 1. The largest absolute Gasteiger partial charge is 0.497 e. The number of carbonyl (C=O) groups excluding carboxylic acids is 2. The number of benzene rings is 1. The molecule has 0 atom stereocenters. The summed E-state index contributed by atoms with van der Waals surface area (Å²) in [4.78, 5) is 30.5. The number of rotatable bonds is 8. The van der Waals surface area contributed by atoms with Gasteiger partial charge in [0.1, 0.15) is 5.75 Å². The van der Waals surface area contributed by atoms with E-state index in [1.807, 2.05) is 31.3 Å². The van der Waals surface area contributed by atoms with Gasteiger partial charge in [0.25, 0.3) is 0 Å². The third-order valence-electron chi connectivity index (χ3n) is 5.14. The normalized spacial score (nSPS) is 18.1. The first-order chi connectivity index (χ1) is 13.0. The molecular weight excluding hydrogens is 344 g/mol. The number of piperazine rings is 1. The monoisotopic (exact) mass is 374 g/mol. The predicted octanol–water partition coefficient (Wildman–Crippen LogP) is 0.550. The van der Waals surface area contributed by atoms with Gasteiger partial charge in [-0.3, -0.25) is 19.4 Å². The van der Waals surface area contributed by atoms with Crippen molar-refractivity contribution in [2.45, 2.75) is 25.4 Å². The van der Waals surface area contributed by atoms with Crippen molar-refractivity contribution in [1.82, 2.24) is 20.0 Å². The maximum atomic E-state index is 12.5. The standard InChI is InChI=1S/C20H30N4O3/c1-22(13-16-3-7-18(27-2)8-4-16)20(26)15-24-11-9-23(10-12-24)14-19(25)21-17-5-6-17/h3-4,7-8,17H,5-6,9-15H2,1-2H3,(H,21,25). The van der Waals surface area contributed by atoms with Crippen molar-refractivity contribution in [3.63, 3.8) is 0 Å². The van der Waals surface area contributed by atoms with Crippen molar-refractivity contribution < 1.29 is 14.3 Å². The van der Waals surface area contributed by atoms with Crippen LogP contribution in [0.4, 0.5) is 0 Å². The van der Waals surface area contributed by atoms with Crippen LogP contribution in [0.5, 0.6) is 5.75 Å². The van der Waals surface area contributed by atoms with Crippen LogP contribution in [-0.4, -0.2) is 86.0 Å². The van der Waals surface area contributed by atoms with Crippen LogP contribution in [0.1, 0.15) is 18.4 Å². The summed E-state index contributed by atoms with van der Waals surface area (Å²) >= 11 is 0. The molecule has 1 N–H and O–H groups in total. The average molecular weight is 374 g/mol. The predicted molar refractivity (Wildman–Crippen MR) is 104 cm³/mol. The molecule has 0 bridgehead atoms. The van der Waals surface area contributed by atoms with Crippen LogP contribution in [0.2, 0.25) is 0 Å². The van der Waals surface area contributed by atoms with Gasteiger partial charge in [-0.1, -0.05) is 12.1 Å². The van der Waals surface area contributed by atoms with Gasteiger partial charge in [0.2, 0.25) is 11.8 Å². The Morgan fingerprint density at radius 1 is 1.07 bits per heavy atom. The summed E-state index contributed by atoms with van der Waals surface area (Å²) in [5.41, 5.74) is 1.08. The van der Waals surface area contributed by atoms with Crippen molar-refractivity contribution in [3.05, 3.63) is 29.8 Å². The Balaban J connectivity index is 1.37. The molecule has 0 spiro atoms. The first kappa shape index (κ1) is 19.6. The number of hydrogen-bond acceptors (Lipinski definition) is 5. The first-order valence-electron chi connectivity index (χ1n) is 9.64. The number of carbonyl (C=O) groups is 2. The fourth-order valence-corrected chi connectivity index (χ4v) is 3.21. The second kappa shape index (κ2) is 9.19. The number of ether oxygens (including phenoxy) is 1. The molecule has 1 aliphatic carbocycles. The van der Waals surface area contributed by atoms with Gasteiger partial charge in [-0.25, -0.2) is 0 Å². The van der Waals surface area contributed by atoms with E-state index in [0.29, 0.717) is 25.7 Å². The van der Waals surface area contributed by atoms with Gasteiger partial charge < -0.3 is 15.0 Å². The van der Waals surface area contributed by atoms with Gasteiger partial charge >= 0.3 is 0 Å². The van der Waals surface area contributed by atoms with E-state index in [-0.39, 0.29) is 11.8 Å². The van der Waals surface area contributed by atoms with Gasteiger partial charge in [-0.15, -0.1) is 0 Å². The van der Waals surface area contributed by atoms with Crippen LogP contribution < -0.4 is 10.1 Å². The molecule has 1 saturated carbocycles. The van der Waals surface area contributed by atoms with Gasteiger partial charge in [0.15, 0.2) is 0 Å². The van der Waals surface area contributed by atoms with E-state index in [4.69, 9.17) is 4.74 Å². The summed E-state index contributed by atoms with van der Waals surface area (Å²) in [6.07, 6.45) is 2.23. The van der Waals surface area contributed by atoms with E-state index in [9.17, 15) is 9.59 Å². The lowest BCUT2D eigenvalue weighted by atomic mass is 10.2. The summed E-state index contributed by atoms with van der Waals surface area (Å²) in [6, 6.07) is 8.19. The zero-order valence-corrected chi connectivity index (χ0v) is 16.3. The van der Waals surface area contributed by atoms with E-state index in [2.05, 4.69) is 15.1 Å². The number of amides is 2. The smallest absolute Gasteiger partial charge is 0.236 e. The quantitative estimate of drug-likeness (QED) is 0.720. The Hall–Kier alpha value is -2.12. The summed E-state index contributed by atoms with van der Waals surface area (Å²) < 4.78 is 5.16. The molecule has 1 aliphatic heterocycles. The topological polar surface area (TPSA) is 65.1 Å². The molecule has 27 heavy (non-hydrogen) atoms. The first-order valence-corrected chi connectivity index (χ1v) is 9.64. The molecule has 7 heteroatoms. The molecule has 0 aromatic heterocycles. The summed E-state index contributed by atoms with van der Waals surface area (Å²) in [5, 5.41) is 3.03. The highest BCUT2D eigenvalue weighted by Crippen LogP contribution is 2.18. The molecule has 1 heterocycles. The maximum Gasteiger partial charge on any atom is 0.236 e. The fourth-order valence-electron chi connectivity index (χ4n) is 3.21. The summed E-state index contributed by atoms with van der Waals surface area (Å²) in [6.45, 7) is 4.77. The SMILES string of the molecule is COc1ccc(CN(C)C(=O)CN2CCN(CC(=O)NC3CC3)CC2)cc1. The lowest BCUT2D eigenvalue weighted by Crippen LogP contribution is -2.51. The lowest BCUT2D eigenvalue weighted by molar-refractivity contribution is -0.132. The third-order valence-corrected chi connectivity index (χ3v) is 5.14. The van der Waals surface area contributed by atoms with Gasteiger partial charge in [0.05, 0.1) is 20.2 Å². The third kappa shape index (κ3) is 6.22. The second-order valence-electron chi connectivity index (χ2n) is 7.49. The zero-order valence-electron chi connectivity index (χ0n) is 16.3. The highest BCUT2D eigenvalue weighted by molar-refractivity contribution is 5.79. The molecule has 0 unspecified atom stereocenters.